The van der Waals surface area contributed by atoms with Crippen LogP contribution in [0.25, 0.3) is 6.08 Å². The van der Waals surface area contributed by atoms with Gasteiger partial charge in [-0.15, -0.1) is 0 Å². The molecule has 1 aromatic rings. The third-order valence-corrected chi connectivity index (χ3v) is 4.60. The molecule has 2 heterocycles. The minimum atomic E-state index is -0.425. The Bertz CT molecular complexity index is 593. The number of benzene rings is 1. The van der Waals surface area contributed by atoms with Gasteiger partial charge in [-0.1, -0.05) is 18.2 Å². The SMILES string of the molecule is CC1(C)OC2CCC(C=Cc3ccc4c(c3)OCO4)CC2O1. The fourth-order valence-electron chi connectivity index (χ4n) is 3.59. The number of rotatable bonds is 2. The van der Waals surface area contributed by atoms with Gasteiger partial charge < -0.3 is 18.9 Å². The maximum atomic E-state index is 6.00. The summed E-state index contributed by atoms with van der Waals surface area (Å²) in [5.74, 6) is 1.78. The Balaban J connectivity index is 1.41. The van der Waals surface area contributed by atoms with Crippen molar-refractivity contribution in [2.24, 2.45) is 5.92 Å². The van der Waals surface area contributed by atoms with Crippen LogP contribution in [-0.2, 0) is 9.47 Å². The molecular weight excluding hydrogens is 280 g/mol. The fourth-order valence-corrected chi connectivity index (χ4v) is 3.59. The smallest absolute Gasteiger partial charge is 0.231 e. The fraction of sp³-hybridized carbons (Fsp3) is 0.556. The molecular formula is C18H22O4. The highest BCUT2D eigenvalue weighted by molar-refractivity contribution is 5.56. The Kier molecular flexibility index (Phi) is 3.39. The van der Waals surface area contributed by atoms with Crippen molar-refractivity contribution in [3.63, 3.8) is 0 Å². The van der Waals surface area contributed by atoms with Crippen LogP contribution in [0.15, 0.2) is 24.3 Å². The summed E-state index contributed by atoms with van der Waals surface area (Å²) in [5.41, 5.74) is 1.15. The van der Waals surface area contributed by atoms with Crippen molar-refractivity contribution >= 4 is 6.08 Å². The van der Waals surface area contributed by atoms with Gasteiger partial charge in [0.25, 0.3) is 0 Å². The molecule has 4 nitrogen and oxygen atoms in total. The number of allylic oxidation sites excluding steroid dienone is 1. The second kappa shape index (κ2) is 5.28. The van der Waals surface area contributed by atoms with E-state index in [1.54, 1.807) is 0 Å². The topological polar surface area (TPSA) is 36.9 Å². The average molecular weight is 302 g/mol. The van der Waals surface area contributed by atoms with Gasteiger partial charge in [-0.3, -0.25) is 0 Å². The van der Waals surface area contributed by atoms with Crippen LogP contribution in [0.2, 0.25) is 0 Å². The molecule has 118 valence electrons. The van der Waals surface area contributed by atoms with Crippen molar-refractivity contribution in [2.45, 2.75) is 51.1 Å². The third kappa shape index (κ3) is 2.73. The van der Waals surface area contributed by atoms with Crippen LogP contribution >= 0.6 is 0 Å². The lowest BCUT2D eigenvalue weighted by Gasteiger charge is -2.27. The summed E-state index contributed by atoms with van der Waals surface area (Å²) in [6.07, 6.45) is 8.23. The van der Waals surface area contributed by atoms with Gasteiger partial charge in [-0.2, -0.15) is 0 Å². The summed E-state index contributed by atoms with van der Waals surface area (Å²) in [6, 6.07) is 6.06. The summed E-state index contributed by atoms with van der Waals surface area (Å²) in [5, 5.41) is 0. The molecule has 1 saturated heterocycles. The lowest BCUT2D eigenvalue weighted by Crippen LogP contribution is -2.30. The normalized spacial score (nSPS) is 32.4. The first-order valence-electron chi connectivity index (χ1n) is 8.02. The quantitative estimate of drug-likeness (QED) is 0.834. The zero-order valence-electron chi connectivity index (χ0n) is 13.1. The van der Waals surface area contributed by atoms with Gasteiger partial charge in [-0.05, 0) is 56.7 Å². The molecule has 0 N–H and O–H groups in total. The summed E-state index contributed by atoms with van der Waals surface area (Å²) in [7, 11) is 0. The predicted molar refractivity (Wildman–Crippen MR) is 82.8 cm³/mol. The summed E-state index contributed by atoms with van der Waals surface area (Å²) in [6.45, 7) is 4.33. The molecule has 22 heavy (non-hydrogen) atoms. The lowest BCUT2D eigenvalue weighted by molar-refractivity contribution is -0.145. The Morgan fingerprint density at radius 2 is 1.86 bits per heavy atom. The summed E-state index contributed by atoms with van der Waals surface area (Å²) >= 11 is 0. The van der Waals surface area contributed by atoms with Gasteiger partial charge >= 0.3 is 0 Å². The first-order chi connectivity index (χ1) is 10.6. The highest BCUT2D eigenvalue weighted by Crippen LogP contribution is 2.39. The number of ether oxygens (including phenoxy) is 4. The van der Waals surface area contributed by atoms with Gasteiger partial charge in [0.05, 0.1) is 12.2 Å². The molecule has 2 aliphatic heterocycles. The van der Waals surface area contributed by atoms with Crippen molar-refractivity contribution in [3.8, 4) is 11.5 Å². The van der Waals surface area contributed by atoms with Crippen molar-refractivity contribution in [3.05, 3.63) is 29.8 Å². The lowest BCUT2D eigenvalue weighted by atomic mass is 9.85. The van der Waals surface area contributed by atoms with E-state index in [4.69, 9.17) is 18.9 Å². The predicted octanol–water partition coefficient (Wildman–Crippen LogP) is 3.75. The van der Waals surface area contributed by atoms with Crippen LogP contribution < -0.4 is 9.47 Å². The molecule has 1 saturated carbocycles. The zero-order valence-corrected chi connectivity index (χ0v) is 13.1. The second-order valence-electron chi connectivity index (χ2n) is 6.76. The van der Waals surface area contributed by atoms with Gasteiger partial charge in [0.2, 0.25) is 6.79 Å². The van der Waals surface area contributed by atoms with Crippen molar-refractivity contribution < 1.29 is 18.9 Å². The molecule has 3 aliphatic rings. The van der Waals surface area contributed by atoms with Crippen LogP contribution in [0.4, 0.5) is 0 Å². The number of fused-ring (bicyclic) bond motifs is 2. The minimum absolute atomic E-state index is 0.232. The first-order valence-corrected chi connectivity index (χ1v) is 8.02. The highest BCUT2D eigenvalue weighted by Gasteiger charge is 2.43. The van der Waals surface area contributed by atoms with Gasteiger partial charge in [0.15, 0.2) is 17.3 Å². The molecule has 2 fully saturated rings. The van der Waals surface area contributed by atoms with Gasteiger partial charge in [0.1, 0.15) is 0 Å². The van der Waals surface area contributed by atoms with E-state index in [-0.39, 0.29) is 12.2 Å². The molecule has 0 bridgehead atoms. The Labute approximate surface area is 131 Å². The third-order valence-electron chi connectivity index (χ3n) is 4.60. The highest BCUT2D eigenvalue weighted by atomic mass is 16.8. The van der Waals surface area contributed by atoms with Crippen LogP contribution in [0.5, 0.6) is 11.5 Å². The number of hydrogen-bond acceptors (Lipinski definition) is 4. The monoisotopic (exact) mass is 302 g/mol. The molecule has 4 rings (SSSR count). The van der Waals surface area contributed by atoms with Crippen molar-refractivity contribution in [1.82, 2.24) is 0 Å². The van der Waals surface area contributed by atoms with E-state index >= 15 is 0 Å². The second-order valence-corrected chi connectivity index (χ2v) is 6.76. The average Bonchev–Trinajstić information content (AvgIpc) is 3.05. The maximum Gasteiger partial charge on any atom is 0.231 e. The molecule has 3 atom stereocenters. The molecule has 0 spiro atoms. The van der Waals surface area contributed by atoms with E-state index in [0.717, 1.165) is 36.3 Å². The summed E-state index contributed by atoms with van der Waals surface area (Å²) < 4.78 is 22.7. The molecule has 3 unspecified atom stereocenters. The Morgan fingerprint density at radius 1 is 1.05 bits per heavy atom. The van der Waals surface area contributed by atoms with Crippen LogP contribution in [0, 0.1) is 5.92 Å². The zero-order chi connectivity index (χ0) is 15.2. The molecule has 0 amide bonds. The van der Waals surface area contributed by atoms with Crippen molar-refractivity contribution in [1.29, 1.82) is 0 Å². The van der Waals surface area contributed by atoms with E-state index in [2.05, 4.69) is 18.2 Å². The Hall–Kier alpha value is -1.52. The van der Waals surface area contributed by atoms with Crippen molar-refractivity contribution in [2.75, 3.05) is 6.79 Å². The first kappa shape index (κ1) is 14.1. The molecule has 0 radical (unpaired) electrons. The van der Waals surface area contributed by atoms with E-state index in [0.29, 0.717) is 12.7 Å². The van der Waals surface area contributed by atoms with Crippen LogP contribution in [0.3, 0.4) is 0 Å². The maximum absolute atomic E-state index is 6.00. The Morgan fingerprint density at radius 3 is 2.77 bits per heavy atom. The van der Waals surface area contributed by atoms with Gasteiger partial charge in [0, 0.05) is 0 Å². The largest absolute Gasteiger partial charge is 0.454 e. The minimum Gasteiger partial charge on any atom is -0.454 e. The molecule has 1 aliphatic carbocycles. The molecule has 1 aromatic carbocycles. The van der Waals surface area contributed by atoms with Crippen LogP contribution in [0.1, 0.15) is 38.7 Å². The van der Waals surface area contributed by atoms with Gasteiger partial charge in [-0.25, -0.2) is 0 Å². The molecule has 0 aromatic heterocycles. The number of hydrogen-bond donors (Lipinski definition) is 0. The molecule has 4 heteroatoms. The van der Waals surface area contributed by atoms with E-state index in [9.17, 15) is 0 Å². The van der Waals surface area contributed by atoms with E-state index in [1.807, 2.05) is 26.0 Å². The van der Waals surface area contributed by atoms with E-state index in [1.165, 1.54) is 0 Å². The summed E-state index contributed by atoms with van der Waals surface area (Å²) in [4.78, 5) is 0. The van der Waals surface area contributed by atoms with E-state index < -0.39 is 5.79 Å². The standard InChI is InChI=1S/C18H22O4/c1-18(2)21-15-8-6-13(10-17(15)22-18)4-3-12-5-7-14-16(9-12)20-11-19-14/h3-5,7,9,13,15,17H,6,8,10-11H2,1-2H3. The van der Waals surface area contributed by atoms with Crippen LogP contribution in [-0.4, -0.2) is 24.8 Å².